The van der Waals surface area contributed by atoms with Crippen molar-refractivity contribution in [1.82, 2.24) is 9.36 Å². The summed E-state index contributed by atoms with van der Waals surface area (Å²) in [5, 5.41) is 17.2. The van der Waals surface area contributed by atoms with E-state index in [1.807, 2.05) is 16.8 Å². The summed E-state index contributed by atoms with van der Waals surface area (Å²) >= 11 is 2.74. The normalized spacial score (nSPS) is 12.6. The molecule has 0 bridgehead atoms. The fraction of sp³-hybridized carbons (Fsp3) is 0.250. The lowest BCUT2D eigenvalue weighted by molar-refractivity contribution is 0.192. The summed E-state index contributed by atoms with van der Waals surface area (Å²) in [5.74, 6) is 0.257. The Hall–Kier alpha value is -1.18. The third-order valence-corrected chi connectivity index (χ3v) is 3.20. The summed E-state index contributed by atoms with van der Waals surface area (Å²) in [6.07, 6.45) is -0.527. The lowest BCUT2D eigenvalue weighted by atomic mass is 10.2. The van der Waals surface area contributed by atoms with Crippen molar-refractivity contribution in [2.24, 2.45) is 0 Å². The van der Waals surface area contributed by atoms with Gasteiger partial charge >= 0.3 is 0 Å². The fourth-order valence-corrected chi connectivity index (χ4v) is 2.28. The van der Waals surface area contributed by atoms with Crippen molar-refractivity contribution in [3.05, 3.63) is 22.4 Å². The van der Waals surface area contributed by atoms with Crippen molar-refractivity contribution in [2.45, 2.75) is 6.10 Å². The van der Waals surface area contributed by atoms with Gasteiger partial charge in [-0.2, -0.15) is 20.7 Å². The first-order valence-electron chi connectivity index (χ1n) is 4.29. The van der Waals surface area contributed by atoms with Gasteiger partial charge in [-0.15, -0.1) is 0 Å². The van der Waals surface area contributed by atoms with Crippen LogP contribution >= 0.6 is 22.9 Å². The van der Waals surface area contributed by atoms with E-state index in [0.29, 0.717) is 11.7 Å². The average molecular weight is 242 g/mol. The summed E-state index contributed by atoms with van der Waals surface area (Å²) in [5.41, 5.74) is 6.27. The SMILES string of the molecule is Nc1nsc(NCC(O)c2ccsc2)n1. The first-order valence-corrected chi connectivity index (χ1v) is 6.00. The molecule has 0 radical (unpaired) electrons. The number of hydrogen-bond acceptors (Lipinski definition) is 7. The molecule has 1 atom stereocenters. The molecule has 0 aliphatic heterocycles. The van der Waals surface area contributed by atoms with Crippen molar-refractivity contribution >= 4 is 33.9 Å². The highest BCUT2D eigenvalue weighted by atomic mass is 32.1. The number of aliphatic hydroxyl groups excluding tert-OH is 1. The zero-order valence-electron chi connectivity index (χ0n) is 7.75. The summed E-state index contributed by atoms with van der Waals surface area (Å²) in [6, 6.07) is 1.89. The lowest BCUT2D eigenvalue weighted by Gasteiger charge is -2.08. The Morgan fingerprint density at radius 3 is 3.07 bits per heavy atom. The second-order valence-corrected chi connectivity index (χ2v) is 4.44. The lowest BCUT2D eigenvalue weighted by Crippen LogP contribution is -2.11. The van der Waals surface area contributed by atoms with E-state index in [1.165, 1.54) is 11.5 Å². The van der Waals surface area contributed by atoms with Crippen LogP contribution in [0.1, 0.15) is 11.7 Å². The van der Waals surface area contributed by atoms with Gasteiger partial charge in [0.1, 0.15) is 0 Å². The largest absolute Gasteiger partial charge is 0.387 e. The van der Waals surface area contributed by atoms with Crippen LogP contribution < -0.4 is 11.1 Å². The van der Waals surface area contributed by atoms with Crippen LogP contribution in [-0.2, 0) is 0 Å². The fourth-order valence-electron chi connectivity index (χ4n) is 1.07. The zero-order chi connectivity index (χ0) is 10.7. The van der Waals surface area contributed by atoms with E-state index >= 15 is 0 Å². The molecule has 5 nitrogen and oxygen atoms in total. The second kappa shape index (κ2) is 4.56. The molecule has 80 valence electrons. The number of rotatable bonds is 4. The Kier molecular flexibility index (Phi) is 3.14. The predicted molar refractivity (Wildman–Crippen MR) is 62.1 cm³/mol. The number of anilines is 2. The number of nitrogens with two attached hydrogens (primary N) is 1. The molecule has 0 aromatic carbocycles. The predicted octanol–water partition coefficient (Wildman–Crippen LogP) is 1.33. The maximum atomic E-state index is 9.75. The highest BCUT2D eigenvalue weighted by Gasteiger charge is 2.08. The van der Waals surface area contributed by atoms with Gasteiger partial charge in [-0.05, 0) is 22.4 Å². The van der Waals surface area contributed by atoms with Crippen LogP contribution in [0, 0.1) is 0 Å². The molecule has 15 heavy (non-hydrogen) atoms. The minimum absolute atomic E-state index is 0.257. The zero-order valence-corrected chi connectivity index (χ0v) is 9.38. The Labute approximate surface area is 94.8 Å². The first kappa shape index (κ1) is 10.3. The number of nitrogens with one attached hydrogen (secondary N) is 1. The van der Waals surface area contributed by atoms with Gasteiger partial charge in [0.25, 0.3) is 0 Å². The van der Waals surface area contributed by atoms with Crippen LogP contribution in [0.4, 0.5) is 11.1 Å². The monoisotopic (exact) mass is 242 g/mol. The Balaban J connectivity index is 1.88. The smallest absolute Gasteiger partial charge is 0.233 e. The minimum Gasteiger partial charge on any atom is -0.387 e. The topological polar surface area (TPSA) is 84.1 Å². The summed E-state index contributed by atoms with van der Waals surface area (Å²) in [6.45, 7) is 0.408. The molecule has 0 saturated carbocycles. The molecule has 0 spiro atoms. The molecule has 0 aliphatic rings. The van der Waals surface area contributed by atoms with Gasteiger partial charge in [0.05, 0.1) is 6.10 Å². The van der Waals surface area contributed by atoms with E-state index in [2.05, 4.69) is 14.7 Å². The van der Waals surface area contributed by atoms with Gasteiger partial charge in [-0.25, -0.2) is 0 Å². The summed E-state index contributed by atoms with van der Waals surface area (Å²) in [4.78, 5) is 3.93. The maximum Gasteiger partial charge on any atom is 0.233 e. The van der Waals surface area contributed by atoms with Crippen molar-refractivity contribution in [1.29, 1.82) is 0 Å². The number of aromatic nitrogens is 2. The van der Waals surface area contributed by atoms with Crippen LogP contribution in [0.25, 0.3) is 0 Å². The first-order chi connectivity index (χ1) is 7.25. The minimum atomic E-state index is -0.527. The Morgan fingerprint density at radius 1 is 1.60 bits per heavy atom. The van der Waals surface area contributed by atoms with E-state index in [1.54, 1.807) is 11.3 Å². The molecule has 0 fully saturated rings. The third-order valence-electron chi connectivity index (χ3n) is 1.82. The Morgan fingerprint density at radius 2 is 2.47 bits per heavy atom. The standard InChI is InChI=1S/C8H10N4OS2/c9-7-11-8(15-12-7)10-3-6(13)5-1-2-14-4-5/h1-2,4,6,13H,3H2,(H3,9,10,11,12). The molecule has 0 amide bonds. The summed E-state index contributed by atoms with van der Waals surface area (Å²) < 4.78 is 3.82. The number of thiophene rings is 1. The number of nitrogens with zero attached hydrogens (tertiary/aromatic N) is 2. The van der Waals surface area contributed by atoms with Crippen LogP contribution in [-0.4, -0.2) is 21.0 Å². The van der Waals surface area contributed by atoms with Crippen molar-refractivity contribution in [2.75, 3.05) is 17.6 Å². The number of hydrogen-bond donors (Lipinski definition) is 3. The second-order valence-electron chi connectivity index (χ2n) is 2.91. The van der Waals surface area contributed by atoms with Gasteiger partial charge in [0.15, 0.2) is 0 Å². The van der Waals surface area contributed by atoms with E-state index in [4.69, 9.17) is 5.73 Å². The van der Waals surface area contributed by atoms with Gasteiger partial charge < -0.3 is 16.2 Å². The Bertz CT molecular complexity index is 414. The molecule has 0 saturated heterocycles. The molecule has 2 heterocycles. The van der Waals surface area contributed by atoms with Gasteiger partial charge in [-0.1, -0.05) is 0 Å². The molecule has 2 aromatic rings. The van der Waals surface area contributed by atoms with Crippen molar-refractivity contribution in [3.63, 3.8) is 0 Å². The highest BCUT2D eigenvalue weighted by Crippen LogP contribution is 2.18. The molecule has 7 heteroatoms. The van der Waals surface area contributed by atoms with E-state index in [-0.39, 0.29) is 5.95 Å². The van der Waals surface area contributed by atoms with Gasteiger partial charge in [0, 0.05) is 18.1 Å². The van der Waals surface area contributed by atoms with Crippen LogP contribution in [0.2, 0.25) is 0 Å². The van der Waals surface area contributed by atoms with Crippen molar-refractivity contribution in [3.8, 4) is 0 Å². The number of nitrogen functional groups attached to an aromatic ring is 1. The van der Waals surface area contributed by atoms with Crippen molar-refractivity contribution < 1.29 is 5.11 Å². The highest BCUT2D eigenvalue weighted by molar-refractivity contribution is 7.09. The van der Waals surface area contributed by atoms with Crippen LogP contribution in [0.15, 0.2) is 16.8 Å². The van der Waals surface area contributed by atoms with E-state index < -0.39 is 6.10 Å². The summed E-state index contributed by atoms with van der Waals surface area (Å²) in [7, 11) is 0. The number of aliphatic hydroxyl groups is 1. The molecule has 1 unspecified atom stereocenters. The maximum absolute atomic E-state index is 9.75. The molecule has 2 rings (SSSR count). The molecule has 0 aliphatic carbocycles. The molecular weight excluding hydrogens is 232 g/mol. The van der Waals surface area contributed by atoms with Gasteiger partial charge in [-0.3, -0.25) is 0 Å². The molecule has 2 aromatic heterocycles. The molecule has 4 N–H and O–H groups in total. The third kappa shape index (κ3) is 2.65. The van der Waals surface area contributed by atoms with E-state index in [9.17, 15) is 5.11 Å². The van der Waals surface area contributed by atoms with Crippen LogP contribution in [0.5, 0.6) is 0 Å². The average Bonchev–Trinajstić information content (AvgIpc) is 2.84. The molecular formula is C8H10N4OS2. The van der Waals surface area contributed by atoms with Crippen LogP contribution in [0.3, 0.4) is 0 Å². The van der Waals surface area contributed by atoms with E-state index in [0.717, 1.165) is 5.56 Å². The quantitative estimate of drug-likeness (QED) is 0.753. The van der Waals surface area contributed by atoms with Gasteiger partial charge in [0.2, 0.25) is 11.1 Å².